The zero-order valence-electron chi connectivity index (χ0n) is 16.1. The summed E-state index contributed by atoms with van der Waals surface area (Å²) < 4.78 is 5.08. The quantitative estimate of drug-likeness (QED) is 0.562. The van der Waals surface area contributed by atoms with Crippen molar-refractivity contribution in [1.29, 1.82) is 0 Å². The molecule has 1 amide bonds. The fourth-order valence-corrected chi connectivity index (χ4v) is 4.74. The van der Waals surface area contributed by atoms with Gasteiger partial charge >= 0.3 is 0 Å². The molecule has 0 unspecified atom stereocenters. The number of carbonyl (C=O) groups is 1. The van der Waals surface area contributed by atoms with E-state index in [1.165, 1.54) is 12.0 Å². The third-order valence-corrected chi connectivity index (χ3v) is 6.15. The van der Waals surface area contributed by atoms with Gasteiger partial charge < -0.3 is 15.2 Å². The van der Waals surface area contributed by atoms with E-state index in [0.29, 0.717) is 16.3 Å². The number of amides is 1. The molecule has 0 fully saturated rings. The molecule has 3 aromatic rings. The van der Waals surface area contributed by atoms with Gasteiger partial charge in [0.1, 0.15) is 5.00 Å². The lowest BCUT2D eigenvalue weighted by Gasteiger charge is -2.12. The second-order valence-electron chi connectivity index (χ2n) is 6.90. The van der Waals surface area contributed by atoms with Gasteiger partial charge in [0, 0.05) is 16.8 Å². The fourth-order valence-electron chi connectivity index (χ4n) is 3.51. The smallest absolute Gasteiger partial charge is 0.259 e. The van der Waals surface area contributed by atoms with Crippen molar-refractivity contribution in [1.82, 2.24) is 0 Å². The zero-order chi connectivity index (χ0) is 20.2. The minimum atomic E-state index is -0.125. The number of rotatable bonds is 5. The van der Waals surface area contributed by atoms with E-state index < -0.39 is 0 Å². The molecule has 1 aliphatic rings. The van der Waals surface area contributed by atoms with Gasteiger partial charge in [-0.15, -0.1) is 11.3 Å². The monoisotopic (exact) mass is 406 g/mol. The molecule has 5 nitrogen and oxygen atoms in total. The van der Waals surface area contributed by atoms with Gasteiger partial charge in [-0.1, -0.05) is 18.2 Å². The van der Waals surface area contributed by atoms with Crippen molar-refractivity contribution in [2.45, 2.75) is 25.7 Å². The van der Waals surface area contributed by atoms with E-state index in [0.717, 1.165) is 42.5 Å². The number of para-hydroxylation sites is 1. The highest BCUT2D eigenvalue weighted by Crippen LogP contribution is 2.40. The first-order valence-corrected chi connectivity index (χ1v) is 10.4. The molecule has 29 heavy (non-hydrogen) atoms. The van der Waals surface area contributed by atoms with Crippen molar-refractivity contribution >= 4 is 34.1 Å². The number of aromatic hydroxyl groups is 1. The SMILES string of the molecule is COc1ccc(C=Nc2sc3c(c2C(=O)Nc2ccccc2)CCCC3)cc1O. The third-order valence-electron chi connectivity index (χ3n) is 4.95. The molecule has 0 aliphatic heterocycles. The number of nitrogens with one attached hydrogen (secondary N) is 1. The molecule has 4 rings (SSSR count). The lowest BCUT2D eigenvalue weighted by molar-refractivity contribution is 0.102. The minimum Gasteiger partial charge on any atom is -0.504 e. The van der Waals surface area contributed by atoms with Gasteiger partial charge in [-0.25, -0.2) is 4.99 Å². The van der Waals surface area contributed by atoms with E-state index in [-0.39, 0.29) is 11.7 Å². The average Bonchev–Trinajstić information content (AvgIpc) is 3.11. The van der Waals surface area contributed by atoms with Crippen LogP contribution in [0.1, 0.15) is 39.2 Å². The first-order valence-electron chi connectivity index (χ1n) is 9.57. The van der Waals surface area contributed by atoms with Gasteiger partial charge in [0.25, 0.3) is 5.91 Å². The van der Waals surface area contributed by atoms with Crippen LogP contribution >= 0.6 is 11.3 Å². The van der Waals surface area contributed by atoms with Crippen LogP contribution in [-0.2, 0) is 12.8 Å². The molecule has 148 valence electrons. The predicted molar refractivity (Wildman–Crippen MR) is 117 cm³/mol. The Morgan fingerprint density at radius 1 is 1.17 bits per heavy atom. The van der Waals surface area contributed by atoms with Crippen molar-refractivity contribution in [2.24, 2.45) is 4.99 Å². The molecule has 0 bridgehead atoms. The fraction of sp³-hybridized carbons (Fsp3) is 0.217. The summed E-state index contributed by atoms with van der Waals surface area (Å²) in [5, 5.41) is 13.7. The number of hydrogen-bond donors (Lipinski definition) is 2. The van der Waals surface area contributed by atoms with E-state index in [1.807, 2.05) is 36.4 Å². The number of carbonyl (C=O) groups excluding carboxylic acids is 1. The maximum atomic E-state index is 13.1. The number of nitrogens with zero attached hydrogens (tertiary/aromatic N) is 1. The maximum Gasteiger partial charge on any atom is 0.259 e. The van der Waals surface area contributed by atoms with Crippen molar-refractivity contribution in [3.05, 3.63) is 70.1 Å². The van der Waals surface area contributed by atoms with Gasteiger partial charge in [0.15, 0.2) is 11.5 Å². The number of fused-ring (bicyclic) bond motifs is 1. The average molecular weight is 407 g/mol. The van der Waals surface area contributed by atoms with Crippen molar-refractivity contribution in [2.75, 3.05) is 12.4 Å². The lowest BCUT2D eigenvalue weighted by atomic mass is 9.95. The Morgan fingerprint density at radius 2 is 1.97 bits per heavy atom. The summed E-state index contributed by atoms with van der Waals surface area (Å²) >= 11 is 1.59. The number of methoxy groups -OCH3 is 1. The number of ether oxygens (including phenoxy) is 1. The zero-order valence-corrected chi connectivity index (χ0v) is 17.0. The van der Waals surface area contributed by atoms with E-state index in [4.69, 9.17) is 4.74 Å². The number of thiophene rings is 1. The molecule has 0 atom stereocenters. The largest absolute Gasteiger partial charge is 0.504 e. The highest BCUT2D eigenvalue weighted by molar-refractivity contribution is 7.16. The Labute approximate surface area is 173 Å². The molecule has 6 heteroatoms. The number of phenolic OH excluding ortho intramolecular Hbond substituents is 1. The van der Waals surface area contributed by atoms with Crippen molar-refractivity contribution < 1.29 is 14.6 Å². The van der Waals surface area contributed by atoms with Gasteiger partial charge in [0.05, 0.1) is 12.7 Å². The van der Waals surface area contributed by atoms with Crippen LogP contribution in [0.2, 0.25) is 0 Å². The van der Waals surface area contributed by atoms with Gasteiger partial charge in [0.2, 0.25) is 0 Å². The van der Waals surface area contributed by atoms with Crippen LogP contribution in [0.5, 0.6) is 11.5 Å². The molecule has 0 saturated heterocycles. The topological polar surface area (TPSA) is 70.9 Å². The summed E-state index contributed by atoms with van der Waals surface area (Å²) in [6.07, 6.45) is 5.80. The Balaban J connectivity index is 1.67. The number of hydrogen-bond acceptors (Lipinski definition) is 5. The van der Waals surface area contributed by atoms with Gasteiger partial charge in [-0.3, -0.25) is 4.79 Å². The first kappa shape index (κ1) is 19.2. The van der Waals surface area contributed by atoms with Crippen LogP contribution < -0.4 is 10.1 Å². The number of aryl methyl sites for hydroxylation is 1. The summed E-state index contributed by atoms with van der Waals surface area (Å²) in [5.74, 6) is 0.348. The van der Waals surface area contributed by atoms with Crippen LogP contribution in [0, 0.1) is 0 Å². The molecule has 0 saturated carbocycles. The Kier molecular flexibility index (Phi) is 5.62. The van der Waals surface area contributed by atoms with Crippen LogP contribution in [0.3, 0.4) is 0 Å². The Hall–Kier alpha value is -3.12. The second kappa shape index (κ2) is 8.49. The highest BCUT2D eigenvalue weighted by atomic mass is 32.1. The summed E-state index contributed by atoms with van der Waals surface area (Å²) in [4.78, 5) is 19.0. The molecule has 1 aromatic heterocycles. The number of phenols is 1. The normalized spacial score (nSPS) is 13.3. The molecule has 0 spiro atoms. The summed E-state index contributed by atoms with van der Waals surface area (Å²) in [7, 11) is 1.51. The summed E-state index contributed by atoms with van der Waals surface area (Å²) in [6.45, 7) is 0. The molecule has 2 aromatic carbocycles. The predicted octanol–water partition coefficient (Wildman–Crippen LogP) is 5.34. The second-order valence-corrected chi connectivity index (χ2v) is 7.98. The Morgan fingerprint density at radius 3 is 2.72 bits per heavy atom. The number of anilines is 1. The van der Waals surface area contributed by atoms with Crippen LogP contribution in [0.25, 0.3) is 0 Å². The van der Waals surface area contributed by atoms with Crippen LogP contribution in [0.4, 0.5) is 10.7 Å². The summed E-state index contributed by atoms with van der Waals surface area (Å²) in [5.41, 5.74) is 3.30. The van der Waals surface area contributed by atoms with E-state index in [1.54, 1.807) is 29.7 Å². The molecular formula is C23H22N2O3S. The van der Waals surface area contributed by atoms with E-state index in [9.17, 15) is 9.90 Å². The molecule has 0 radical (unpaired) electrons. The van der Waals surface area contributed by atoms with Crippen molar-refractivity contribution in [3.63, 3.8) is 0 Å². The van der Waals surface area contributed by atoms with Crippen LogP contribution in [0.15, 0.2) is 53.5 Å². The van der Waals surface area contributed by atoms with Gasteiger partial charge in [-0.05, 0) is 67.1 Å². The lowest BCUT2D eigenvalue weighted by Crippen LogP contribution is -2.14. The molecule has 1 aliphatic carbocycles. The van der Waals surface area contributed by atoms with Crippen molar-refractivity contribution in [3.8, 4) is 11.5 Å². The van der Waals surface area contributed by atoms with E-state index >= 15 is 0 Å². The highest BCUT2D eigenvalue weighted by Gasteiger charge is 2.25. The Bertz CT molecular complexity index is 1060. The standard InChI is InChI=1S/C23H22N2O3S/c1-28-19-12-11-15(13-18(19)26)14-24-23-21(17-9-5-6-10-20(17)29-23)22(27)25-16-7-3-2-4-8-16/h2-4,7-8,11-14,26H,5-6,9-10H2,1H3,(H,25,27). The van der Waals surface area contributed by atoms with E-state index in [2.05, 4.69) is 10.3 Å². The van der Waals surface area contributed by atoms with Gasteiger partial charge in [-0.2, -0.15) is 0 Å². The molecular weight excluding hydrogens is 384 g/mol. The number of aliphatic imine (C=N–C) groups is 1. The minimum absolute atomic E-state index is 0.0592. The maximum absolute atomic E-state index is 13.1. The van der Waals surface area contributed by atoms with Crippen LogP contribution in [-0.4, -0.2) is 24.3 Å². The molecule has 2 N–H and O–H groups in total. The third kappa shape index (κ3) is 4.17. The summed E-state index contributed by atoms with van der Waals surface area (Å²) in [6, 6.07) is 14.6. The molecule has 1 heterocycles. The number of benzene rings is 2. The first-order chi connectivity index (χ1) is 14.2.